The Morgan fingerprint density at radius 2 is 1.56 bits per heavy atom. The fourth-order valence-electron chi connectivity index (χ4n) is 2.77. The molecule has 0 spiro atoms. The van der Waals surface area contributed by atoms with E-state index < -0.39 is 0 Å². The van der Waals surface area contributed by atoms with Crippen LogP contribution in [-0.4, -0.2) is 47.9 Å². The van der Waals surface area contributed by atoms with Gasteiger partial charge < -0.3 is 24.4 Å². The Kier molecular flexibility index (Phi) is 7.34. The molecule has 2 rings (SSSR count). The number of carbonyl (C=O) groups is 1. The number of nitrogens with zero attached hydrogens (tertiary/aromatic N) is 1. The molecule has 6 heteroatoms. The largest absolute Gasteiger partial charge is 0.493 e. The Hall–Kier alpha value is -2.89. The second-order valence-corrected chi connectivity index (χ2v) is 6.33. The van der Waals surface area contributed by atoms with Crippen LogP contribution in [0.15, 0.2) is 36.4 Å². The molecule has 6 nitrogen and oxygen atoms in total. The van der Waals surface area contributed by atoms with E-state index in [0.29, 0.717) is 29.4 Å². The third-order valence-electron chi connectivity index (χ3n) is 4.31. The first kappa shape index (κ1) is 20.4. The van der Waals surface area contributed by atoms with E-state index >= 15 is 0 Å². The average Bonchev–Trinajstić information content (AvgIpc) is 2.70. The van der Waals surface area contributed by atoms with Crippen molar-refractivity contribution in [2.45, 2.75) is 12.8 Å². The molecule has 0 aliphatic rings. The highest BCUT2D eigenvalue weighted by Crippen LogP contribution is 2.38. The second-order valence-electron chi connectivity index (χ2n) is 6.33. The summed E-state index contributed by atoms with van der Waals surface area (Å²) >= 11 is 0. The summed E-state index contributed by atoms with van der Waals surface area (Å²) < 4.78 is 15.9. The first-order valence-corrected chi connectivity index (χ1v) is 8.84. The number of nitrogens with one attached hydrogen (secondary N) is 1. The van der Waals surface area contributed by atoms with Gasteiger partial charge in [-0.25, -0.2) is 0 Å². The zero-order valence-electron chi connectivity index (χ0n) is 16.7. The Bertz CT molecular complexity index is 732. The predicted octanol–water partition coefficient (Wildman–Crippen LogP) is 3.14. The van der Waals surface area contributed by atoms with Crippen LogP contribution in [0.5, 0.6) is 17.2 Å². The summed E-state index contributed by atoms with van der Waals surface area (Å²) in [7, 11) is 8.63. The molecule has 2 aromatic carbocycles. The van der Waals surface area contributed by atoms with E-state index in [1.165, 1.54) is 32.6 Å². The molecule has 0 aromatic heterocycles. The zero-order valence-corrected chi connectivity index (χ0v) is 16.7. The van der Waals surface area contributed by atoms with E-state index in [2.05, 4.69) is 34.5 Å². The van der Waals surface area contributed by atoms with Gasteiger partial charge in [-0.2, -0.15) is 0 Å². The summed E-state index contributed by atoms with van der Waals surface area (Å²) in [5, 5.41) is 2.94. The second kappa shape index (κ2) is 9.71. The number of benzene rings is 2. The van der Waals surface area contributed by atoms with Gasteiger partial charge in [-0.05, 0) is 42.7 Å². The van der Waals surface area contributed by atoms with Crippen LogP contribution in [0.2, 0.25) is 0 Å². The molecule has 0 aliphatic carbocycles. The lowest BCUT2D eigenvalue weighted by molar-refractivity contribution is 0.0952. The van der Waals surface area contributed by atoms with Crippen molar-refractivity contribution in [2.24, 2.45) is 0 Å². The molecule has 0 saturated heterocycles. The maximum Gasteiger partial charge on any atom is 0.251 e. The van der Waals surface area contributed by atoms with Gasteiger partial charge in [0.1, 0.15) is 0 Å². The molecule has 0 atom stereocenters. The smallest absolute Gasteiger partial charge is 0.251 e. The average molecular weight is 372 g/mol. The summed E-state index contributed by atoms with van der Waals surface area (Å²) in [5.41, 5.74) is 2.90. The SMILES string of the molecule is COc1cc(C(=O)NCCCc2ccc(N(C)C)cc2)cc(OC)c1OC. The summed E-state index contributed by atoms with van der Waals surface area (Å²) in [4.78, 5) is 14.5. The standard InChI is InChI=1S/C21H28N2O4/c1-23(2)17-10-8-15(9-11-17)7-6-12-22-21(24)16-13-18(25-3)20(27-5)19(14-16)26-4/h8-11,13-14H,6-7,12H2,1-5H3,(H,22,24). The molecule has 146 valence electrons. The molecule has 1 amide bonds. The molecule has 0 heterocycles. The number of carbonyl (C=O) groups excluding carboxylic acids is 1. The van der Waals surface area contributed by atoms with E-state index in [4.69, 9.17) is 14.2 Å². The maximum atomic E-state index is 12.4. The molecule has 0 aliphatic heterocycles. The Labute approximate surface area is 161 Å². The first-order valence-electron chi connectivity index (χ1n) is 8.84. The topological polar surface area (TPSA) is 60.0 Å². The number of ether oxygens (including phenoxy) is 3. The summed E-state index contributed by atoms with van der Waals surface area (Å²) in [6, 6.07) is 11.7. The molecule has 0 fully saturated rings. The predicted molar refractivity (Wildman–Crippen MR) is 108 cm³/mol. The van der Waals surface area contributed by atoms with Crippen LogP contribution in [-0.2, 0) is 6.42 Å². The van der Waals surface area contributed by atoms with Crippen LogP contribution in [0.4, 0.5) is 5.69 Å². The van der Waals surface area contributed by atoms with Crippen LogP contribution >= 0.6 is 0 Å². The highest BCUT2D eigenvalue weighted by Gasteiger charge is 2.16. The van der Waals surface area contributed by atoms with Crippen molar-refractivity contribution in [3.05, 3.63) is 47.5 Å². The van der Waals surface area contributed by atoms with Gasteiger partial charge in [-0.3, -0.25) is 4.79 Å². The molecule has 2 aromatic rings. The zero-order chi connectivity index (χ0) is 19.8. The van der Waals surface area contributed by atoms with Crippen molar-refractivity contribution < 1.29 is 19.0 Å². The van der Waals surface area contributed by atoms with Gasteiger partial charge in [-0.15, -0.1) is 0 Å². The van der Waals surface area contributed by atoms with E-state index in [1.807, 2.05) is 14.1 Å². The molecular weight excluding hydrogens is 344 g/mol. The number of rotatable bonds is 9. The molecule has 0 unspecified atom stereocenters. The fourth-order valence-corrected chi connectivity index (χ4v) is 2.77. The van der Waals surface area contributed by atoms with E-state index in [0.717, 1.165) is 12.8 Å². The van der Waals surface area contributed by atoms with Gasteiger partial charge in [0.15, 0.2) is 11.5 Å². The lowest BCUT2D eigenvalue weighted by Crippen LogP contribution is -2.25. The van der Waals surface area contributed by atoms with Crippen LogP contribution in [0.25, 0.3) is 0 Å². The highest BCUT2D eigenvalue weighted by atomic mass is 16.5. The lowest BCUT2D eigenvalue weighted by Gasteiger charge is -2.14. The Balaban J connectivity index is 1.92. The fraction of sp³-hybridized carbons (Fsp3) is 0.381. The lowest BCUT2D eigenvalue weighted by atomic mass is 10.1. The Morgan fingerprint density at radius 1 is 0.963 bits per heavy atom. The van der Waals surface area contributed by atoms with Crippen molar-refractivity contribution >= 4 is 11.6 Å². The number of aryl methyl sites for hydroxylation is 1. The molecule has 1 N–H and O–H groups in total. The third kappa shape index (κ3) is 5.29. The first-order chi connectivity index (χ1) is 13.0. The van der Waals surface area contributed by atoms with Crippen LogP contribution < -0.4 is 24.4 Å². The number of hydrogen-bond acceptors (Lipinski definition) is 5. The van der Waals surface area contributed by atoms with Gasteiger partial charge in [0.25, 0.3) is 5.91 Å². The number of anilines is 1. The van der Waals surface area contributed by atoms with Gasteiger partial charge >= 0.3 is 0 Å². The summed E-state index contributed by atoms with van der Waals surface area (Å²) in [5.74, 6) is 1.22. The number of hydrogen-bond donors (Lipinski definition) is 1. The van der Waals surface area contributed by atoms with Crippen LogP contribution in [0, 0.1) is 0 Å². The van der Waals surface area contributed by atoms with Crippen molar-refractivity contribution in [2.75, 3.05) is 46.9 Å². The molecule has 0 saturated carbocycles. The van der Waals surface area contributed by atoms with Gasteiger partial charge in [-0.1, -0.05) is 12.1 Å². The molecular formula is C21H28N2O4. The van der Waals surface area contributed by atoms with E-state index in [1.54, 1.807) is 12.1 Å². The van der Waals surface area contributed by atoms with Crippen molar-refractivity contribution in [1.82, 2.24) is 5.32 Å². The summed E-state index contributed by atoms with van der Waals surface area (Å²) in [6.45, 7) is 0.588. The van der Waals surface area contributed by atoms with E-state index in [9.17, 15) is 4.79 Å². The highest BCUT2D eigenvalue weighted by molar-refractivity contribution is 5.95. The monoisotopic (exact) mass is 372 g/mol. The van der Waals surface area contributed by atoms with Gasteiger partial charge in [0.2, 0.25) is 5.75 Å². The maximum absolute atomic E-state index is 12.4. The molecule has 0 bridgehead atoms. The number of methoxy groups -OCH3 is 3. The van der Waals surface area contributed by atoms with Crippen molar-refractivity contribution in [3.8, 4) is 17.2 Å². The minimum atomic E-state index is -0.169. The van der Waals surface area contributed by atoms with Gasteiger partial charge in [0, 0.05) is 31.9 Å². The van der Waals surface area contributed by atoms with Crippen LogP contribution in [0.3, 0.4) is 0 Å². The Morgan fingerprint density at radius 3 is 2.04 bits per heavy atom. The molecule has 0 radical (unpaired) electrons. The normalized spacial score (nSPS) is 10.3. The minimum absolute atomic E-state index is 0.169. The summed E-state index contributed by atoms with van der Waals surface area (Å²) in [6.07, 6.45) is 1.76. The minimum Gasteiger partial charge on any atom is -0.493 e. The van der Waals surface area contributed by atoms with Crippen LogP contribution in [0.1, 0.15) is 22.3 Å². The van der Waals surface area contributed by atoms with Crippen molar-refractivity contribution in [3.63, 3.8) is 0 Å². The molecule has 27 heavy (non-hydrogen) atoms. The quantitative estimate of drug-likeness (QED) is 0.685. The van der Waals surface area contributed by atoms with Gasteiger partial charge in [0.05, 0.1) is 21.3 Å². The van der Waals surface area contributed by atoms with E-state index in [-0.39, 0.29) is 5.91 Å². The van der Waals surface area contributed by atoms with Crippen molar-refractivity contribution in [1.29, 1.82) is 0 Å². The third-order valence-corrected chi connectivity index (χ3v) is 4.31. The number of amides is 1.